The Hall–Kier alpha value is -1.74. The van der Waals surface area contributed by atoms with Gasteiger partial charge >= 0.3 is 0 Å². The van der Waals surface area contributed by atoms with Gasteiger partial charge in [0.2, 0.25) is 0 Å². The molecule has 0 spiro atoms. The Labute approximate surface area is 117 Å². The predicted molar refractivity (Wildman–Crippen MR) is 78.9 cm³/mol. The van der Waals surface area contributed by atoms with Gasteiger partial charge in [0.25, 0.3) is 0 Å². The molecule has 0 aromatic heterocycles. The zero-order chi connectivity index (χ0) is 13.5. The Morgan fingerprint density at radius 2 is 1.74 bits per heavy atom. The highest BCUT2D eigenvalue weighted by molar-refractivity contribution is 7.98. The number of rotatable bonds is 6. The third kappa shape index (κ3) is 4.14. The summed E-state index contributed by atoms with van der Waals surface area (Å²) in [6.07, 6.45) is 2.41. The summed E-state index contributed by atoms with van der Waals surface area (Å²) in [4.78, 5) is 12.9. The molecule has 0 saturated heterocycles. The summed E-state index contributed by atoms with van der Waals surface area (Å²) >= 11 is 1.61. The summed E-state index contributed by atoms with van der Waals surface area (Å²) < 4.78 is 5.59. The number of ether oxygens (including phenoxy) is 1. The van der Waals surface area contributed by atoms with E-state index in [0.717, 1.165) is 16.2 Å². The lowest BCUT2D eigenvalue weighted by atomic mass is 10.1. The van der Waals surface area contributed by atoms with Crippen LogP contribution in [0.3, 0.4) is 0 Å². The van der Waals surface area contributed by atoms with Crippen molar-refractivity contribution in [3.63, 3.8) is 0 Å². The molecule has 0 atom stereocenters. The van der Waals surface area contributed by atoms with Gasteiger partial charge in [-0.05, 0) is 24.0 Å². The van der Waals surface area contributed by atoms with Gasteiger partial charge in [-0.1, -0.05) is 42.5 Å². The molecule has 0 aliphatic heterocycles. The van der Waals surface area contributed by atoms with Crippen LogP contribution in [0.1, 0.15) is 5.56 Å². The van der Waals surface area contributed by atoms with Gasteiger partial charge in [-0.25, -0.2) is 0 Å². The molecule has 0 bridgehead atoms. The molecule has 0 fully saturated rings. The molecule has 0 amide bonds. The van der Waals surface area contributed by atoms with E-state index in [0.29, 0.717) is 6.42 Å². The minimum atomic E-state index is 0.0853. The fourth-order valence-corrected chi connectivity index (χ4v) is 2.31. The molecule has 0 aliphatic carbocycles. The van der Waals surface area contributed by atoms with E-state index in [4.69, 9.17) is 4.74 Å². The molecule has 19 heavy (non-hydrogen) atoms. The van der Waals surface area contributed by atoms with Crippen LogP contribution in [-0.2, 0) is 11.2 Å². The largest absolute Gasteiger partial charge is 0.485 e. The van der Waals surface area contributed by atoms with E-state index in [-0.39, 0.29) is 12.4 Å². The molecule has 98 valence electrons. The van der Waals surface area contributed by atoms with E-state index < -0.39 is 0 Å². The van der Waals surface area contributed by atoms with Gasteiger partial charge in [0.05, 0.1) is 0 Å². The van der Waals surface area contributed by atoms with Crippen LogP contribution in [0.4, 0.5) is 0 Å². The van der Waals surface area contributed by atoms with E-state index in [1.165, 1.54) is 0 Å². The highest BCUT2D eigenvalue weighted by Gasteiger charge is 2.07. The second-order valence-corrected chi connectivity index (χ2v) is 4.99. The molecule has 2 aromatic rings. The van der Waals surface area contributed by atoms with Gasteiger partial charge in [-0.15, -0.1) is 11.8 Å². The SMILES string of the molecule is CSc1ccccc1OCC(=O)Cc1ccccc1. The Morgan fingerprint density at radius 1 is 1.05 bits per heavy atom. The van der Waals surface area contributed by atoms with Crippen LogP contribution in [0.5, 0.6) is 5.75 Å². The third-order valence-electron chi connectivity index (χ3n) is 2.70. The summed E-state index contributed by atoms with van der Waals surface area (Å²) in [5, 5.41) is 0. The maximum atomic E-state index is 11.9. The molecule has 0 unspecified atom stereocenters. The van der Waals surface area contributed by atoms with Crippen LogP contribution in [0.25, 0.3) is 0 Å². The van der Waals surface area contributed by atoms with Crippen molar-refractivity contribution in [2.45, 2.75) is 11.3 Å². The van der Waals surface area contributed by atoms with Gasteiger partial charge in [0, 0.05) is 11.3 Å². The molecular formula is C16H16O2S. The van der Waals surface area contributed by atoms with Crippen LogP contribution >= 0.6 is 11.8 Å². The van der Waals surface area contributed by atoms with Crippen LogP contribution in [0.2, 0.25) is 0 Å². The topological polar surface area (TPSA) is 26.3 Å². The number of para-hydroxylation sites is 1. The maximum absolute atomic E-state index is 11.9. The lowest BCUT2D eigenvalue weighted by Crippen LogP contribution is -2.14. The number of thioether (sulfide) groups is 1. The highest BCUT2D eigenvalue weighted by atomic mass is 32.2. The fourth-order valence-electron chi connectivity index (χ4n) is 1.77. The lowest BCUT2D eigenvalue weighted by molar-refractivity contribution is -0.120. The molecule has 0 heterocycles. The number of hydrogen-bond donors (Lipinski definition) is 0. The minimum Gasteiger partial charge on any atom is -0.485 e. The van der Waals surface area contributed by atoms with E-state index in [1.54, 1.807) is 11.8 Å². The number of carbonyl (C=O) groups is 1. The number of benzene rings is 2. The standard InChI is InChI=1S/C16H16O2S/c1-19-16-10-6-5-9-15(16)18-12-14(17)11-13-7-3-2-4-8-13/h2-10H,11-12H2,1H3. The lowest BCUT2D eigenvalue weighted by Gasteiger charge is -2.09. The van der Waals surface area contributed by atoms with E-state index in [9.17, 15) is 4.79 Å². The molecule has 0 N–H and O–H groups in total. The van der Waals surface area contributed by atoms with E-state index >= 15 is 0 Å². The Bertz CT molecular complexity index is 537. The molecule has 0 aliphatic rings. The summed E-state index contributed by atoms with van der Waals surface area (Å²) in [6.45, 7) is 0.118. The van der Waals surface area contributed by atoms with Crippen molar-refractivity contribution in [1.82, 2.24) is 0 Å². The zero-order valence-corrected chi connectivity index (χ0v) is 11.7. The second kappa shape index (κ2) is 7.00. The van der Waals surface area contributed by atoms with Crippen molar-refractivity contribution >= 4 is 17.5 Å². The Balaban J connectivity index is 1.90. The second-order valence-electron chi connectivity index (χ2n) is 4.14. The Morgan fingerprint density at radius 3 is 2.47 bits per heavy atom. The number of Topliss-reactive ketones (excluding diaryl/α,β-unsaturated/α-hetero) is 1. The monoisotopic (exact) mass is 272 g/mol. The third-order valence-corrected chi connectivity index (χ3v) is 3.48. The summed E-state index contributed by atoms with van der Waals surface area (Å²) in [5.74, 6) is 0.860. The number of hydrogen-bond acceptors (Lipinski definition) is 3. The first-order chi connectivity index (χ1) is 9.29. The number of ketones is 1. The normalized spacial score (nSPS) is 10.2. The Kier molecular flexibility index (Phi) is 5.04. The molecule has 2 nitrogen and oxygen atoms in total. The predicted octanol–water partition coefficient (Wildman–Crippen LogP) is 3.60. The molecule has 3 heteroatoms. The fraction of sp³-hybridized carbons (Fsp3) is 0.188. The van der Waals surface area contributed by atoms with Gasteiger partial charge in [0.1, 0.15) is 12.4 Å². The van der Waals surface area contributed by atoms with E-state index in [1.807, 2.05) is 60.9 Å². The van der Waals surface area contributed by atoms with Gasteiger partial charge in [-0.3, -0.25) is 4.79 Å². The van der Waals surface area contributed by atoms with Gasteiger partial charge in [-0.2, -0.15) is 0 Å². The van der Waals surface area contributed by atoms with Crippen LogP contribution in [0.15, 0.2) is 59.5 Å². The van der Waals surface area contributed by atoms with Crippen molar-refractivity contribution in [3.8, 4) is 5.75 Å². The first kappa shape index (κ1) is 13.7. The van der Waals surface area contributed by atoms with Crippen molar-refractivity contribution < 1.29 is 9.53 Å². The average molecular weight is 272 g/mol. The van der Waals surface area contributed by atoms with Crippen molar-refractivity contribution in [3.05, 3.63) is 60.2 Å². The zero-order valence-electron chi connectivity index (χ0n) is 10.8. The average Bonchev–Trinajstić information content (AvgIpc) is 2.46. The molecule has 0 radical (unpaired) electrons. The van der Waals surface area contributed by atoms with Crippen molar-refractivity contribution in [2.24, 2.45) is 0 Å². The molecule has 2 aromatic carbocycles. The van der Waals surface area contributed by atoms with Crippen molar-refractivity contribution in [2.75, 3.05) is 12.9 Å². The van der Waals surface area contributed by atoms with Gasteiger partial charge < -0.3 is 4.74 Å². The van der Waals surface area contributed by atoms with Gasteiger partial charge in [0.15, 0.2) is 5.78 Å². The molecular weight excluding hydrogens is 256 g/mol. The molecule has 2 rings (SSSR count). The van der Waals surface area contributed by atoms with Crippen LogP contribution < -0.4 is 4.74 Å². The highest BCUT2D eigenvalue weighted by Crippen LogP contribution is 2.26. The summed E-state index contributed by atoms with van der Waals surface area (Å²) in [5.41, 5.74) is 1.02. The smallest absolute Gasteiger partial charge is 0.174 e. The number of carbonyl (C=O) groups excluding carboxylic acids is 1. The van der Waals surface area contributed by atoms with Crippen molar-refractivity contribution in [1.29, 1.82) is 0 Å². The first-order valence-electron chi connectivity index (χ1n) is 6.11. The first-order valence-corrected chi connectivity index (χ1v) is 7.33. The quantitative estimate of drug-likeness (QED) is 0.752. The maximum Gasteiger partial charge on any atom is 0.174 e. The van der Waals surface area contributed by atoms with Crippen LogP contribution in [0, 0.1) is 0 Å². The summed E-state index contributed by atoms with van der Waals surface area (Å²) in [6, 6.07) is 17.5. The van der Waals surface area contributed by atoms with Crippen LogP contribution in [-0.4, -0.2) is 18.6 Å². The van der Waals surface area contributed by atoms with E-state index in [2.05, 4.69) is 0 Å². The minimum absolute atomic E-state index is 0.0853. The summed E-state index contributed by atoms with van der Waals surface area (Å²) in [7, 11) is 0. The molecule has 0 saturated carbocycles.